The zero-order chi connectivity index (χ0) is 17.0. The maximum Gasteiger partial charge on any atom is 0.326 e. The molecule has 2 rings (SSSR count). The first-order chi connectivity index (χ1) is 10.9. The number of hydrogen-bond donors (Lipinski definition) is 3. The summed E-state index contributed by atoms with van der Waals surface area (Å²) in [5, 5.41) is 18.6. The van der Waals surface area contributed by atoms with Gasteiger partial charge in [0.1, 0.15) is 17.4 Å². The van der Waals surface area contributed by atoms with Gasteiger partial charge >= 0.3 is 5.97 Å². The molecule has 0 bridgehead atoms. The molecule has 0 saturated heterocycles. The molecule has 0 aliphatic rings. The van der Waals surface area contributed by atoms with Crippen LogP contribution in [0.2, 0.25) is 0 Å². The number of halogens is 1. The van der Waals surface area contributed by atoms with Gasteiger partial charge in [0.2, 0.25) is 0 Å². The number of nitrogens with zero attached hydrogens (tertiary/aromatic N) is 1. The zero-order valence-corrected chi connectivity index (χ0v) is 14.4. The normalized spacial score (nSPS) is 12.2. The third kappa shape index (κ3) is 4.19. The van der Waals surface area contributed by atoms with E-state index in [0.717, 1.165) is 5.56 Å². The Bertz CT molecular complexity index is 698. The van der Waals surface area contributed by atoms with Crippen LogP contribution in [0.1, 0.15) is 30.8 Å². The van der Waals surface area contributed by atoms with Gasteiger partial charge in [-0.25, -0.2) is 4.79 Å². The Morgan fingerprint density at radius 2 is 1.96 bits per heavy atom. The van der Waals surface area contributed by atoms with Gasteiger partial charge in [0.25, 0.3) is 5.91 Å². The third-order valence-corrected chi connectivity index (χ3v) is 4.06. The summed E-state index contributed by atoms with van der Waals surface area (Å²) >= 11 is 3.36. The average molecular weight is 380 g/mol. The second-order valence-corrected chi connectivity index (χ2v) is 6.41. The van der Waals surface area contributed by atoms with Crippen LogP contribution in [-0.4, -0.2) is 33.2 Å². The zero-order valence-electron chi connectivity index (χ0n) is 12.8. The molecule has 0 unspecified atom stereocenters. The lowest BCUT2D eigenvalue weighted by Crippen LogP contribution is -2.41. The maximum atomic E-state index is 12.3. The van der Waals surface area contributed by atoms with Crippen molar-refractivity contribution in [3.8, 4) is 11.3 Å². The predicted octanol–water partition coefficient (Wildman–Crippen LogP) is 3.07. The molecule has 0 spiro atoms. The van der Waals surface area contributed by atoms with Crippen molar-refractivity contribution in [1.29, 1.82) is 0 Å². The number of H-pyrrole nitrogens is 1. The molecule has 1 aromatic carbocycles. The Morgan fingerprint density at radius 3 is 2.52 bits per heavy atom. The molecule has 6 nitrogen and oxygen atoms in total. The van der Waals surface area contributed by atoms with E-state index in [9.17, 15) is 14.7 Å². The second kappa shape index (κ2) is 7.41. The summed E-state index contributed by atoms with van der Waals surface area (Å²) < 4.78 is 0.509. The number of carbonyl (C=O) groups is 2. The van der Waals surface area contributed by atoms with Gasteiger partial charge in [0.15, 0.2) is 0 Å². The van der Waals surface area contributed by atoms with Gasteiger partial charge in [-0.3, -0.25) is 9.89 Å². The molecule has 3 N–H and O–H groups in total. The number of benzene rings is 1. The number of carboxylic acid groups (broad SMARTS) is 1. The monoisotopic (exact) mass is 379 g/mol. The Morgan fingerprint density at radius 1 is 1.30 bits per heavy atom. The molecule has 0 aliphatic heterocycles. The van der Waals surface area contributed by atoms with Crippen molar-refractivity contribution in [2.24, 2.45) is 5.92 Å². The highest BCUT2D eigenvalue weighted by atomic mass is 79.9. The number of nitrogens with one attached hydrogen (secondary N) is 2. The summed E-state index contributed by atoms with van der Waals surface area (Å²) in [6.07, 6.45) is 0.359. The average Bonchev–Trinajstić information content (AvgIpc) is 2.88. The van der Waals surface area contributed by atoms with Crippen LogP contribution in [0.25, 0.3) is 11.3 Å². The number of aromatic amines is 1. The molecule has 1 amide bonds. The summed E-state index contributed by atoms with van der Waals surface area (Å²) in [5.74, 6) is -1.40. The number of carbonyl (C=O) groups excluding carboxylic acids is 1. The van der Waals surface area contributed by atoms with Gasteiger partial charge in [-0.2, -0.15) is 5.10 Å². The molecular weight excluding hydrogens is 362 g/mol. The number of aromatic nitrogens is 2. The van der Waals surface area contributed by atoms with Gasteiger partial charge in [0.05, 0.1) is 4.47 Å². The first-order valence-corrected chi connectivity index (χ1v) is 8.02. The molecule has 23 heavy (non-hydrogen) atoms. The van der Waals surface area contributed by atoms with Crippen LogP contribution in [0.15, 0.2) is 34.8 Å². The number of amides is 1. The van der Waals surface area contributed by atoms with Gasteiger partial charge in [0, 0.05) is 5.56 Å². The number of hydrogen-bond acceptors (Lipinski definition) is 3. The van der Waals surface area contributed by atoms with Gasteiger partial charge in [-0.1, -0.05) is 44.2 Å². The summed E-state index contributed by atoms with van der Waals surface area (Å²) in [4.78, 5) is 23.6. The molecule has 0 radical (unpaired) electrons. The number of aliphatic carboxylic acids is 1. The van der Waals surface area contributed by atoms with E-state index < -0.39 is 17.9 Å². The van der Waals surface area contributed by atoms with Gasteiger partial charge in [-0.15, -0.1) is 0 Å². The first kappa shape index (κ1) is 17.2. The van der Waals surface area contributed by atoms with E-state index in [2.05, 4.69) is 31.4 Å². The van der Waals surface area contributed by atoms with Crippen molar-refractivity contribution in [2.45, 2.75) is 26.3 Å². The first-order valence-electron chi connectivity index (χ1n) is 7.23. The number of carboxylic acids is 1. The standard InChI is InChI=1S/C16H18BrN3O3/c1-9(2)8-11(16(22)23)18-15(21)14-12(17)13(19-20-14)10-6-4-3-5-7-10/h3-7,9,11H,8H2,1-2H3,(H,18,21)(H,19,20)(H,22,23)/t11-/m0/s1. The molecule has 1 heterocycles. The minimum Gasteiger partial charge on any atom is -0.480 e. The second-order valence-electron chi connectivity index (χ2n) is 5.62. The minimum absolute atomic E-state index is 0.154. The molecule has 7 heteroatoms. The molecule has 1 atom stereocenters. The summed E-state index contributed by atoms with van der Waals surface area (Å²) in [6.45, 7) is 3.81. The van der Waals surface area contributed by atoms with Crippen molar-refractivity contribution in [1.82, 2.24) is 15.5 Å². The van der Waals surface area contributed by atoms with Crippen LogP contribution >= 0.6 is 15.9 Å². The van der Waals surface area contributed by atoms with E-state index in [1.165, 1.54) is 0 Å². The smallest absolute Gasteiger partial charge is 0.326 e. The van der Waals surface area contributed by atoms with E-state index in [-0.39, 0.29) is 11.6 Å². The lowest BCUT2D eigenvalue weighted by molar-refractivity contribution is -0.139. The Balaban J connectivity index is 2.20. The highest BCUT2D eigenvalue weighted by Gasteiger charge is 2.25. The van der Waals surface area contributed by atoms with Crippen molar-refractivity contribution in [3.05, 3.63) is 40.5 Å². The highest BCUT2D eigenvalue weighted by molar-refractivity contribution is 9.10. The van der Waals surface area contributed by atoms with Crippen molar-refractivity contribution >= 4 is 27.8 Å². The SMILES string of the molecule is CC(C)C[C@H](NC(=O)c1[nH]nc(-c2ccccc2)c1Br)C(=O)O. The lowest BCUT2D eigenvalue weighted by atomic mass is 10.0. The van der Waals surface area contributed by atoms with Crippen LogP contribution in [-0.2, 0) is 4.79 Å². The fraction of sp³-hybridized carbons (Fsp3) is 0.312. The van der Waals surface area contributed by atoms with E-state index in [0.29, 0.717) is 16.6 Å². The molecule has 0 aliphatic carbocycles. The van der Waals surface area contributed by atoms with Crippen molar-refractivity contribution < 1.29 is 14.7 Å². The van der Waals surface area contributed by atoms with E-state index in [4.69, 9.17) is 0 Å². The molecule has 1 aromatic heterocycles. The molecule has 0 fully saturated rings. The predicted molar refractivity (Wildman–Crippen MR) is 90.1 cm³/mol. The van der Waals surface area contributed by atoms with Crippen LogP contribution in [0.5, 0.6) is 0 Å². The van der Waals surface area contributed by atoms with Crippen LogP contribution < -0.4 is 5.32 Å². The molecule has 122 valence electrons. The highest BCUT2D eigenvalue weighted by Crippen LogP contribution is 2.28. The third-order valence-electron chi connectivity index (χ3n) is 3.29. The fourth-order valence-electron chi connectivity index (χ4n) is 2.19. The maximum absolute atomic E-state index is 12.3. The van der Waals surface area contributed by atoms with Crippen LogP contribution in [0.4, 0.5) is 0 Å². The number of rotatable bonds is 6. The van der Waals surface area contributed by atoms with Crippen LogP contribution in [0, 0.1) is 5.92 Å². The molecule has 2 aromatic rings. The van der Waals surface area contributed by atoms with Crippen molar-refractivity contribution in [2.75, 3.05) is 0 Å². The van der Waals surface area contributed by atoms with E-state index >= 15 is 0 Å². The fourth-order valence-corrected chi connectivity index (χ4v) is 2.78. The van der Waals surface area contributed by atoms with Gasteiger partial charge in [-0.05, 0) is 28.3 Å². The summed E-state index contributed by atoms with van der Waals surface area (Å²) in [7, 11) is 0. The quantitative estimate of drug-likeness (QED) is 0.718. The molecule has 0 saturated carbocycles. The Hall–Kier alpha value is -2.15. The Labute approximate surface area is 142 Å². The Kier molecular flexibility index (Phi) is 5.54. The largest absolute Gasteiger partial charge is 0.480 e. The lowest BCUT2D eigenvalue weighted by Gasteiger charge is -2.15. The van der Waals surface area contributed by atoms with Gasteiger partial charge < -0.3 is 10.4 Å². The minimum atomic E-state index is -1.05. The van der Waals surface area contributed by atoms with E-state index in [1.807, 2.05) is 44.2 Å². The summed E-state index contributed by atoms with van der Waals surface area (Å²) in [6, 6.07) is 8.46. The topological polar surface area (TPSA) is 95.1 Å². The van der Waals surface area contributed by atoms with Crippen LogP contribution in [0.3, 0.4) is 0 Å². The summed E-state index contributed by atoms with van der Waals surface area (Å²) in [5.41, 5.74) is 1.66. The molecular formula is C16H18BrN3O3. The van der Waals surface area contributed by atoms with Crippen molar-refractivity contribution in [3.63, 3.8) is 0 Å². The van der Waals surface area contributed by atoms with E-state index in [1.54, 1.807) is 0 Å².